The molecule has 0 aliphatic rings. The van der Waals surface area contributed by atoms with Gasteiger partial charge < -0.3 is 14.6 Å². The summed E-state index contributed by atoms with van der Waals surface area (Å²) in [7, 11) is 2.76. The smallest absolute Gasteiger partial charge is 0.335 e. The van der Waals surface area contributed by atoms with Crippen LogP contribution in [0.1, 0.15) is 0 Å². The van der Waals surface area contributed by atoms with Crippen LogP contribution in [0.3, 0.4) is 0 Å². The molecule has 54 valence electrons. The summed E-state index contributed by atoms with van der Waals surface area (Å²) in [6.45, 7) is 0.0891. The summed E-state index contributed by atoms with van der Waals surface area (Å²) >= 11 is 0. The van der Waals surface area contributed by atoms with Crippen LogP contribution in [0.4, 0.5) is 0 Å². The van der Waals surface area contributed by atoms with Crippen LogP contribution >= 0.6 is 0 Å². The van der Waals surface area contributed by atoms with Gasteiger partial charge in [-0.2, -0.15) is 0 Å². The van der Waals surface area contributed by atoms with Crippen molar-refractivity contribution in [1.82, 2.24) is 0 Å². The Morgan fingerprint density at radius 2 is 2.22 bits per heavy atom. The summed E-state index contributed by atoms with van der Waals surface area (Å²) in [6.07, 6.45) is -0.838. The molecule has 0 aromatic heterocycles. The lowest BCUT2D eigenvalue weighted by Gasteiger charge is -2.06. The summed E-state index contributed by atoms with van der Waals surface area (Å²) in [6, 6.07) is 0. The Balaban J connectivity index is 3.54. The highest BCUT2D eigenvalue weighted by Gasteiger charge is 2.14. The number of aliphatic carboxylic acids is 1. The van der Waals surface area contributed by atoms with Gasteiger partial charge in [0, 0.05) is 14.2 Å². The molecule has 9 heavy (non-hydrogen) atoms. The maximum absolute atomic E-state index is 10.1. The van der Waals surface area contributed by atoms with Gasteiger partial charge in [0.05, 0.1) is 6.61 Å². The fourth-order valence-electron chi connectivity index (χ4n) is 0.392. The van der Waals surface area contributed by atoms with Crippen molar-refractivity contribution in [1.29, 1.82) is 0 Å². The molecule has 0 aromatic carbocycles. The van der Waals surface area contributed by atoms with Crippen molar-refractivity contribution in [2.75, 3.05) is 20.8 Å². The summed E-state index contributed by atoms with van der Waals surface area (Å²) < 4.78 is 9.08. The molecule has 0 fully saturated rings. The molecule has 0 rings (SSSR count). The van der Waals surface area contributed by atoms with Crippen molar-refractivity contribution < 1.29 is 19.4 Å². The molecule has 0 amide bonds. The van der Waals surface area contributed by atoms with Gasteiger partial charge in [-0.3, -0.25) is 0 Å². The highest BCUT2D eigenvalue weighted by Crippen LogP contribution is 1.88. The number of hydrogen-bond donors (Lipinski definition) is 1. The zero-order valence-electron chi connectivity index (χ0n) is 5.46. The monoisotopic (exact) mass is 134 g/mol. The molecule has 0 saturated heterocycles. The van der Waals surface area contributed by atoms with Gasteiger partial charge in [0.2, 0.25) is 0 Å². The third-order valence-corrected chi connectivity index (χ3v) is 0.878. The molecule has 0 aromatic rings. The molecule has 1 N–H and O–H groups in total. The molecule has 0 unspecified atom stereocenters. The van der Waals surface area contributed by atoms with E-state index in [2.05, 4.69) is 9.47 Å². The number of methoxy groups -OCH3 is 2. The fraction of sp³-hybridized carbons (Fsp3) is 0.800. The van der Waals surface area contributed by atoms with Crippen LogP contribution < -0.4 is 0 Å². The second-order valence-electron chi connectivity index (χ2n) is 1.52. The zero-order chi connectivity index (χ0) is 7.28. The van der Waals surface area contributed by atoms with Crippen LogP contribution in [-0.4, -0.2) is 38.0 Å². The van der Waals surface area contributed by atoms with Gasteiger partial charge >= 0.3 is 5.97 Å². The molecule has 0 saturated carbocycles. The third kappa shape index (κ3) is 3.05. The van der Waals surface area contributed by atoms with Crippen LogP contribution in [0, 0.1) is 0 Å². The molecule has 0 spiro atoms. The Hall–Kier alpha value is -0.610. The SMILES string of the molecule is COC[C@H](OC)C(=O)O. The average molecular weight is 134 g/mol. The zero-order valence-corrected chi connectivity index (χ0v) is 5.46. The minimum absolute atomic E-state index is 0.0891. The van der Waals surface area contributed by atoms with Crippen LogP contribution in [0.5, 0.6) is 0 Å². The maximum Gasteiger partial charge on any atom is 0.335 e. The number of rotatable bonds is 4. The Bertz CT molecular complexity index is 91.0. The van der Waals surface area contributed by atoms with E-state index >= 15 is 0 Å². The van der Waals surface area contributed by atoms with E-state index in [1.54, 1.807) is 0 Å². The number of carboxylic acids is 1. The minimum Gasteiger partial charge on any atom is -0.479 e. The van der Waals surface area contributed by atoms with Gasteiger partial charge in [-0.1, -0.05) is 0 Å². The van der Waals surface area contributed by atoms with E-state index < -0.39 is 12.1 Å². The quantitative estimate of drug-likeness (QED) is 0.575. The van der Waals surface area contributed by atoms with E-state index in [1.807, 2.05) is 0 Å². The molecule has 4 heteroatoms. The Labute approximate surface area is 53.4 Å². The van der Waals surface area contributed by atoms with E-state index in [1.165, 1.54) is 14.2 Å². The van der Waals surface area contributed by atoms with E-state index in [0.717, 1.165) is 0 Å². The van der Waals surface area contributed by atoms with Crippen molar-refractivity contribution >= 4 is 5.97 Å². The molecule has 0 radical (unpaired) electrons. The van der Waals surface area contributed by atoms with Crippen LogP contribution in [-0.2, 0) is 14.3 Å². The largest absolute Gasteiger partial charge is 0.479 e. The first-order valence-corrected chi connectivity index (χ1v) is 2.47. The van der Waals surface area contributed by atoms with E-state index in [9.17, 15) is 4.79 Å². The molecule has 1 atom stereocenters. The first-order chi connectivity index (χ1) is 4.22. The lowest BCUT2D eigenvalue weighted by molar-refractivity contribution is -0.151. The van der Waals surface area contributed by atoms with Gasteiger partial charge in [-0.05, 0) is 0 Å². The maximum atomic E-state index is 10.1. The second kappa shape index (κ2) is 4.29. The first kappa shape index (κ1) is 8.39. The van der Waals surface area contributed by atoms with Crippen molar-refractivity contribution in [2.45, 2.75) is 6.10 Å². The molecular formula is C5H10O4. The highest BCUT2D eigenvalue weighted by molar-refractivity contribution is 5.72. The van der Waals surface area contributed by atoms with Crippen molar-refractivity contribution in [3.8, 4) is 0 Å². The molecule has 0 heterocycles. The third-order valence-electron chi connectivity index (χ3n) is 0.878. The fourth-order valence-corrected chi connectivity index (χ4v) is 0.392. The summed E-state index contributed by atoms with van der Waals surface area (Å²) in [5.41, 5.74) is 0. The van der Waals surface area contributed by atoms with Gasteiger partial charge in [0.25, 0.3) is 0 Å². The van der Waals surface area contributed by atoms with Crippen LogP contribution in [0.2, 0.25) is 0 Å². The standard InChI is InChI=1S/C5H10O4/c1-8-3-4(9-2)5(6)7/h4H,3H2,1-2H3,(H,6,7)/t4-/m0/s1. The molecule has 0 aliphatic carbocycles. The normalized spacial score (nSPS) is 13.1. The molecular weight excluding hydrogens is 124 g/mol. The van der Waals surface area contributed by atoms with Gasteiger partial charge in [-0.25, -0.2) is 4.79 Å². The van der Waals surface area contributed by atoms with E-state index in [-0.39, 0.29) is 6.61 Å². The minimum atomic E-state index is -1.00. The lowest BCUT2D eigenvalue weighted by Crippen LogP contribution is -2.27. The second-order valence-corrected chi connectivity index (χ2v) is 1.52. The predicted molar refractivity (Wildman–Crippen MR) is 30.3 cm³/mol. The molecule has 0 bridgehead atoms. The topological polar surface area (TPSA) is 55.8 Å². The number of carboxylic acid groups (broad SMARTS) is 1. The average Bonchev–Trinajstić information content (AvgIpc) is 1.82. The van der Waals surface area contributed by atoms with Gasteiger partial charge in [-0.15, -0.1) is 0 Å². The van der Waals surface area contributed by atoms with Crippen LogP contribution in [0.15, 0.2) is 0 Å². The van der Waals surface area contributed by atoms with Crippen LogP contribution in [0.25, 0.3) is 0 Å². The van der Waals surface area contributed by atoms with E-state index in [0.29, 0.717) is 0 Å². The highest BCUT2D eigenvalue weighted by atomic mass is 16.5. The Morgan fingerprint density at radius 1 is 1.67 bits per heavy atom. The van der Waals surface area contributed by atoms with E-state index in [4.69, 9.17) is 5.11 Å². The van der Waals surface area contributed by atoms with Crippen molar-refractivity contribution in [2.24, 2.45) is 0 Å². The van der Waals surface area contributed by atoms with Crippen molar-refractivity contribution in [3.63, 3.8) is 0 Å². The summed E-state index contributed by atoms with van der Waals surface area (Å²) in [5, 5.41) is 8.30. The van der Waals surface area contributed by atoms with Gasteiger partial charge in [0.1, 0.15) is 0 Å². The number of ether oxygens (including phenoxy) is 2. The van der Waals surface area contributed by atoms with Crippen molar-refractivity contribution in [3.05, 3.63) is 0 Å². The Morgan fingerprint density at radius 3 is 2.33 bits per heavy atom. The number of carbonyl (C=O) groups is 1. The molecule has 4 nitrogen and oxygen atoms in total. The Kier molecular flexibility index (Phi) is 4.00. The van der Waals surface area contributed by atoms with Gasteiger partial charge in [0.15, 0.2) is 6.10 Å². The number of hydrogen-bond acceptors (Lipinski definition) is 3. The predicted octanol–water partition coefficient (Wildman–Crippen LogP) is -0.268. The summed E-state index contributed by atoms with van der Waals surface area (Å²) in [4.78, 5) is 10.1. The first-order valence-electron chi connectivity index (χ1n) is 2.47. The lowest BCUT2D eigenvalue weighted by atomic mass is 10.4. The molecule has 0 aliphatic heterocycles. The summed E-state index contributed by atoms with van der Waals surface area (Å²) in [5.74, 6) is -1.00.